The van der Waals surface area contributed by atoms with Crippen LogP contribution in [0.3, 0.4) is 0 Å². The largest absolute Gasteiger partial charge is 0.462 e. The van der Waals surface area contributed by atoms with E-state index in [-0.39, 0.29) is 5.97 Å². The SMILES string of the molecule is CCCCCOC(=O)c1ccc(C(CCC)C(C2CCCCCCC2)C2CCCCCCC2)cc1. The molecule has 2 fully saturated rings. The van der Waals surface area contributed by atoms with Gasteiger partial charge < -0.3 is 4.74 Å². The lowest BCUT2D eigenvalue weighted by Gasteiger charge is -2.41. The second-order valence-corrected chi connectivity index (χ2v) is 11.6. The number of esters is 1. The molecule has 0 spiro atoms. The Labute approximate surface area is 217 Å². The number of hydrogen-bond donors (Lipinski definition) is 0. The summed E-state index contributed by atoms with van der Waals surface area (Å²) in [5, 5.41) is 0. The minimum atomic E-state index is -0.156. The fourth-order valence-electron chi connectivity index (χ4n) is 7.15. The molecule has 1 atom stereocenters. The summed E-state index contributed by atoms with van der Waals surface area (Å²) < 4.78 is 5.53. The molecular weight excluding hydrogens is 428 g/mol. The molecule has 2 heteroatoms. The molecule has 1 aromatic rings. The zero-order chi connectivity index (χ0) is 24.7. The Hall–Kier alpha value is -1.31. The second-order valence-electron chi connectivity index (χ2n) is 11.6. The van der Waals surface area contributed by atoms with Crippen molar-refractivity contribution in [1.82, 2.24) is 0 Å². The van der Waals surface area contributed by atoms with E-state index < -0.39 is 0 Å². The molecule has 0 bridgehead atoms. The Bertz CT molecular complexity index is 656. The van der Waals surface area contributed by atoms with Crippen LogP contribution >= 0.6 is 0 Å². The Morgan fingerprint density at radius 3 is 1.74 bits per heavy atom. The molecule has 0 aliphatic heterocycles. The quantitative estimate of drug-likeness (QED) is 0.231. The third kappa shape index (κ3) is 9.25. The maximum Gasteiger partial charge on any atom is 0.338 e. The molecule has 1 aromatic carbocycles. The van der Waals surface area contributed by atoms with Crippen molar-refractivity contribution in [3.8, 4) is 0 Å². The van der Waals surface area contributed by atoms with Crippen molar-refractivity contribution in [1.29, 1.82) is 0 Å². The fraction of sp³-hybridized carbons (Fsp3) is 0.788. The topological polar surface area (TPSA) is 26.3 Å². The number of hydrogen-bond acceptors (Lipinski definition) is 2. The first-order valence-corrected chi connectivity index (χ1v) is 15.5. The Morgan fingerprint density at radius 1 is 0.743 bits per heavy atom. The van der Waals surface area contributed by atoms with Crippen LogP contribution in [-0.2, 0) is 4.74 Å². The molecule has 198 valence electrons. The molecule has 0 radical (unpaired) electrons. The number of ether oxygens (including phenoxy) is 1. The lowest BCUT2D eigenvalue weighted by molar-refractivity contribution is 0.0498. The molecule has 2 saturated carbocycles. The van der Waals surface area contributed by atoms with Crippen molar-refractivity contribution >= 4 is 5.97 Å². The Morgan fingerprint density at radius 2 is 1.26 bits per heavy atom. The van der Waals surface area contributed by atoms with Crippen LogP contribution in [0, 0.1) is 17.8 Å². The summed E-state index contributed by atoms with van der Waals surface area (Å²) in [6.07, 6.45) is 25.8. The van der Waals surface area contributed by atoms with Crippen LogP contribution in [-0.4, -0.2) is 12.6 Å². The molecular formula is C33H54O2. The molecule has 0 heterocycles. The summed E-state index contributed by atoms with van der Waals surface area (Å²) in [5.41, 5.74) is 2.19. The zero-order valence-electron chi connectivity index (χ0n) is 23.1. The average molecular weight is 483 g/mol. The van der Waals surface area contributed by atoms with Crippen LogP contribution < -0.4 is 0 Å². The first-order valence-electron chi connectivity index (χ1n) is 15.5. The number of carbonyl (C=O) groups is 1. The molecule has 0 saturated heterocycles. The van der Waals surface area contributed by atoms with E-state index in [1.165, 1.54) is 108 Å². The van der Waals surface area contributed by atoms with E-state index in [4.69, 9.17) is 4.74 Å². The Balaban J connectivity index is 1.81. The van der Waals surface area contributed by atoms with Gasteiger partial charge in [-0.3, -0.25) is 0 Å². The highest BCUT2D eigenvalue weighted by Gasteiger charge is 2.36. The molecule has 0 N–H and O–H groups in total. The third-order valence-electron chi connectivity index (χ3n) is 9.01. The molecule has 0 amide bonds. The highest BCUT2D eigenvalue weighted by Crippen LogP contribution is 2.47. The van der Waals surface area contributed by atoms with Crippen molar-refractivity contribution in [2.45, 2.75) is 142 Å². The van der Waals surface area contributed by atoms with E-state index in [0.29, 0.717) is 18.1 Å². The highest BCUT2D eigenvalue weighted by atomic mass is 16.5. The van der Waals surface area contributed by atoms with Crippen LogP contribution in [0.15, 0.2) is 24.3 Å². The van der Waals surface area contributed by atoms with Gasteiger partial charge in [0.05, 0.1) is 12.2 Å². The summed E-state index contributed by atoms with van der Waals surface area (Å²) in [7, 11) is 0. The van der Waals surface area contributed by atoms with E-state index in [1.54, 1.807) is 0 Å². The van der Waals surface area contributed by atoms with Gasteiger partial charge in [0, 0.05) is 0 Å². The predicted molar refractivity (Wildman–Crippen MR) is 149 cm³/mol. The monoisotopic (exact) mass is 482 g/mol. The number of rotatable bonds is 11. The highest BCUT2D eigenvalue weighted by molar-refractivity contribution is 5.89. The smallest absolute Gasteiger partial charge is 0.338 e. The molecule has 0 aromatic heterocycles. The third-order valence-corrected chi connectivity index (χ3v) is 9.01. The van der Waals surface area contributed by atoms with Crippen LogP contribution in [0.1, 0.15) is 158 Å². The lowest BCUT2D eigenvalue weighted by Crippen LogP contribution is -2.31. The van der Waals surface area contributed by atoms with E-state index in [9.17, 15) is 4.79 Å². The molecule has 2 aliphatic carbocycles. The Kier molecular flexibility index (Phi) is 13.3. The maximum absolute atomic E-state index is 12.6. The van der Waals surface area contributed by atoms with Gasteiger partial charge in [-0.2, -0.15) is 0 Å². The molecule has 1 unspecified atom stereocenters. The van der Waals surface area contributed by atoms with Crippen molar-refractivity contribution < 1.29 is 9.53 Å². The second kappa shape index (κ2) is 16.4. The molecule has 2 nitrogen and oxygen atoms in total. The van der Waals surface area contributed by atoms with Crippen LogP contribution in [0.2, 0.25) is 0 Å². The maximum atomic E-state index is 12.6. The first-order chi connectivity index (χ1) is 17.2. The van der Waals surface area contributed by atoms with Gasteiger partial charge in [-0.15, -0.1) is 0 Å². The van der Waals surface area contributed by atoms with Gasteiger partial charge in [-0.25, -0.2) is 4.79 Å². The average Bonchev–Trinajstić information content (AvgIpc) is 2.83. The standard InChI is InChI=1S/C33H54O2/c1-3-5-16-26-35-33(34)30-24-22-27(23-25-30)31(17-4-2)32(28-18-12-8-6-9-13-19-28)29-20-14-10-7-11-15-21-29/h22-25,28-29,31-32H,3-21,26H2,1-2H3. The van der Waals surface area contributed by atoms with Crippen molar-refractivity contribution in [3.63, 3.8) is 0 Å². The summed E-state index contributed by atoms with van der Waals surface area (Å²) in [6, 6.07) is 8.66. The van der Waals surface area contributed by atoms with E-state index >= 15 is 0 Å². The van der Waals surface area contributed by atoms with Gasteiger partial charge in [0.25, 0.3) is 0 Å². The van der Waals surface area contributed by atoms with E-state index in [2.05, 4.69) is 26.0 Å². The van der Waals surface area contributed by atoms with Crippen LogP contribution in [0.4, 0.5) is 0 Å². The normalized spacial score (nSPS) is 20.0. The minimum Gasteiger partial charge on any atom is -0.462 e. The number of carbonyl (C=O) groups excluding carboxylic acids is 1. The van der Waals surface area contributed by atoms with Crippen LogP contribution in [0.5, 0.6) is 0 Å². The fourth-order valence-corrected chi connectivity index (χ4v) is 7.15. The predicted octanol–water partition coefficient (Wildman–Crippen LogP) is 10.3. The number of benzene rings is 1. The van der Waals surface area contributed by atoms with Gasteiger partial charge in [0.2, 0.25) is 0 Å². The van der Waals surface area contributed by atoms with Crippen molar-refractivity contribution in [3.05, 3.63) is 35.4 Å². The molecule has 2 aliphatic rings. The van der Waals surface area contributed by atoms with Gasteiger partial charge in [-0.1, -0.05) is 135 Å². The number of unbranched alkanes of at least 4 members (excludes halogenated alkanes) is 2. The van der Waals surface area contributed by atoms with Gasteiger partial charge in [0.15, 0.2) is 0 Å². The summed E-state index contributed by atoms with van der Waals surface area (Å²) in [5.74, 6) is 3.02. The lowest BCUT2D eigenvalue weighted by atomic mass is 9.63. The zero-order valence-corrected chi connectivity index (χ0v) is 23.1. The van der Waals surface area contributed by atoms with Gasteiger partial charge in [0.1, 0.15) is 0 Å². The van der Waals surface area contributed by atoms with Crippen LogP contribution in [0.25, 0.3) is 0 Å². The van der Waals surface area contributed by atoms with Crippen molar-refractivity contribution in [2.24, 2.45) is 17.8 Å². The van der Waals surface area contributed by atoms with Crippen molar-refractivity contribution in [2.75, 3.05) is 6.61 Å². The van der Waals surface area contributed by atoms with Gasteiger partial charge >= 0.3 is 5.97 Å². The minimum absolute atomic E-state index is 0.156. The van der Waals surface area contributed by atoms with Gasteiger partial charge in [-0.05, 0) is 54.2 Å². The summed E-state index contributed by atoms with van der Waals surface area (Å²) in [4.78, 5) is 12.6. The summed E-state index contributed by atoms with van der Waals surface area (Å²) >= 11 is 0. The van der Waals surface area contributed by atoms with E-state index in [0.717, 1.165) is 37.0 Å². The molecule has 35 heavy (non-hydrogen) atoms. The molecule has 3 rings (SSSR count). The summed E-state index contributed by atoms with van der Waals surface area (Å²) in [6.45, 7) is 5.08. The van der Waals surface area contributed by atoms with E-state index in [1.807, 2.05) is 12.1 Å². The first kappa shape index (κ1) is 28.3.